The van der Waals surface area contributed by atoms with Gasteiger partial charge in [0.2, 0.25) is 0 Å². The number of anilines is 1. The Morgan fingerprint density at radius 3 is 2.58 bits per heavy atom. The molecule has 1 unspecified atom stereocenters. The summed E-state index contributed by atoms with van der Waals surface area (Å²) in [7, 11) is 0. The van der Waals surface area contributed by atoms with Crippen molar-refractivity contribution in [1.82, 2.24) is 0 Å². The largest absolute Gasteiger partial charge is 0.366 e. The average Bonchev–Trinajstić information content (AvgIpc) is 2.40. The second-order valence-electron chi connectivity index (χ2n) is 4.22. The van der Waals surface area contributed by atoms with Crippen LogP contribution in [0.1, 0.15) is 17.2 Å². The molecule has 0 aliphatic rings. The second kappa shape index (κ2) is 5.49. The van der Waals surface area contributed by atoms with E-state index in [-0.39, 0.29) is 5.56 Å². The first-order chi connectivity index (χ1) is 9.11. The zero-order chi connectivity index (χ0) is 13.8. The zero-order valence-corrected chi connectivity index (χ0v) is 10.3. The zero-order valence-electron chi connectivity index (χ0n) is 10.3. The molecule has 2 rings (SSSR count). The summed E-state index contributed by atoms with van der Waals surface area (Å²) in [5.74, 6) is -1.95. The number of aryl methyl sites for hydroxylation is 1. The molecule has 0 spiro atoms. The summed E-state index contributed by atoms with van der Waals surface area (Å²) in [6.45, 7) is 1.91. The van der Waals surface area contributed by atoms with Crippen LogP contribution in [0.3, 0.4) is 0 Å². The average molecular weight is 258 g/mol. The smallest absolute Gasteiger partial charge is 0.165 e. The molecule has 2 aromatic carbocycles. The first kappa shape index (κ1) is 13.0. The molecule has 0 aliphatic heterocycles. The molecule has 0 heterocycles. The molecule has 0 fully saturated rings. The van der Waals surface area contributed by atoms with Crippen molar-refractivity contribution in [2.24, 2.45) is 0 Å². The topological polar surface area (TPSA) is 35.8 Å². The van der Waals surface area contributed by atoms with Crippen LogP contribution in [0.4, 0.5) is 14.5 Å². The Bertz CT molecular complexity index is 632. The molecule has 0 amide bonds. The van der Waals surface area contributed by atoms with Gasteiger partial charge in [-0.25, -0.2) is 8.78 Å². The highest BCUT2D eigenvalue weighted by Crippen LogP contribution is 2.23. The van der Waals surface area contributed by atoms with Gasteiger partial charge in [0.15, 0.2) is 11.6 Å². The first-order valence-corrected chi connectivity index (χ1v) is 5.78. The first-order valence-electron chi connectivity index (χ1n) is 5.78. The van der Waals surface area contributed by atoms with E-state index in [9.17, 15) is 8.78 Å². The molecule has 2 nitrogen and oxygen atoms in total. The lowest BCUT2D eigenvalue weighted by Crippen LogP contribution is -2.11. The minimum absolute atomic E-state index is 0.00371. The summed E-state index contributed by atoms with van der Waals surface area (Å²) in [6.07, 6.45) is 0. The number of rotatable bonds is 3. The van der Waals surface area contributed by atoms with E-state index in [1.807, 2.05) is 31.2 Å². The number of halogens is 2. The molecular weight excluding hydrogens is 246 g/mol. The highest BCUT2D eigenvalue weighted by Gasteiger charge is 2.17. The lowest BCUT2D eigenvalue weighted by Gasteiger charge is -2.14. The fraction of sp³-hybridized carbons (Fsp3) is 0.133. The van der Waals surface area contributed by atoms with Crippen molar-refractivity contribution in [2.45, 2.75) is 13.0 Å². The van der Waals surface area contributed by atoms with Crippen LogP contribution in [-0.2, 0) is 0 Å². The molecular formula is C15H12F2N2. The van der Waals surface area contributed by atoms with Crippen molar-refractivity contribution in [1.29, 1.82) is 5.26 Å². The Morgan fingerprint density at radius 2 is 1.89 bits per heavy atom. The summed E-state index contributed by atoms with van der Waals surface area (Å²) >= 11 is 0. The van der Waals surface area contributed by atoms with Gasteiger partial charge < -0.3 is 5.32 Å². The van der Waals surface area contributed by atoms with Gasteiger partial charge in [0.1, 0.15) is 6.04 Å². The lowest BCUT2D eigenvalue weighted by molar-refractivity contribution is 0.498. The summed E-state index contributed by atoms with van der Waals surface area (Å²) < 4.78 is 26.8. The van der Waals surface area contributed by atoms with Crippen molar-refractivity contribution in [3.8, 4) is 6.07 Å². The Morgan fingerprint density at radius 1 is 1.16 bits per heavy atom. The number of nitrogens with zero attached hydrogens (tertiary/aromatic N) is 1. The molecule has 4 heteroatoms. The van der Waals surface area contributed by atoms with E-state index in [2.05, 4.69) is 5.32 Å². The lowest BCUT2D eigenvalue weighted by atomic mass is 10.1. The molecule has 96 valence electrons. The Hall–Kier alpha value is -2.41. The van der Waals surface area contributed by atoms with Crippen molar-refractivity contribution in [3.63, 3.8) is 0 Å². The molecule has 19 heavy (non-hydrogen) atoms. The maximum Gasteiger partial charge on any atom is 0.165 e. The molecule has 0 aromatic heterocycles. The molecule has 0 saturated heterocycles. The molecule has 0 bridgehead atoms. The standard InChI is InChI=1S/C15H12F2N2/c1-10-4-2-5-11(8-10)19-14(9-18)12-6-3-7-13(16)15(12)17/h2-8,14,19H,1H3. The number of hydrogen-bond acceptors (Lipinski definition) is 2. The van der Waals surface area contributed by atoms with Crippen LogP contribution in [0, 0.1) is 29.9 Å². The van der Waals surface area contributed by atoms with Gasteiger partial charge in [-0.3, -0.25) is 0 Å². The minimum Gasteiger partial charge on any atom is -0.366 e. The van der Waals surface area contributed by atoms with Gasteiger partial charge >= 0.3 is 0 Å². The van der Waals surface area contributed by atoms with E-state index in [4.69, 9.17) is 5.26 Å². The third-order valence-corrected chi connectivity index (χ3v) is 2.75. The third-order valence-electron chi connectivity index (χ3n) is 2.75. The summed E-state index contributed by atoms with van der Waals surface area (Å²) in [6, 6.07) is 12.2. The van der Waals surface area contributed by atoms with Gasteiger partial charge in [-0.05, 0) is 30.7 Å². The maximum atomic E-state index is 13.7. The normalized spacial score (nSPS) is 11.7. The van der Waals surface area contributed by atoms with Crippen molar-refractivity contribution in [2.75, 3.05) is 5.32 Å². The van der Waals surface area contributed by atoms with Crippen molar-refractivity contribution in [3.05, 3.63) is 65.2 Å². The molecule has 0 saturated carbocycles. The van der Waals surface area contributed by atoms with E-state index < -0.39 is 17.7 Å². The maximum absolute atomic E-state index is 13.7. The van der Waals surface area contributed by atoms with E-state index in [0.717, 1.165) is 11.6 Å². The monoisotopic (exact) mass is 258 g/mol. The van der Waals surface area contributed by atoms with Gasteiger partial charge in [-0.1, -0.05) is 24.3 Å². The van der Waals surface area contributed by atoms with Crippen molar-refractivity contribution < 1.29 is 8.78 Å². The van der Waals surface area contributed by atoms with E-state index in [1.54, 1.807) is 6.07 Å². The van der Waals surface area contributed by atoms with Crippen LogP contribution in [0.25, 0.3) is 0 Å². The Kier molecular flexibility index (Phi) is 3.76. The number of nitrogens with one attached hydrogen (secondary N) is 1. The quantitative estimate of drug-likeness (QED) is 0.904. The molecule has 2 aromatic rings. The minimum atomic E-state index is -0.991. The predicted octanol–water partition coefficient (Wildman–Crippen LogP) is 3.95. The van der Waals surface area contributed by atoms with Crippen LogP contribution in [0.5, 0.6) is 0 Å². The van der Waals surface area contributed by atoms with Gasteiger partial charge in [0, 0.05) is 11.3 Å². The molecule has 1 atom stereocenters. The number of hydrogen-bond donors (Lipinski definition) is 1. The van der Waals surface area contributed by atoms with Crippen LogP contribution in [0.15, 0.2) is 42.5 Å². The number of benzene rings is 2. The summed E-state index contributed by atoms with van der Waals surface area (Å²) in [5, 5.41) is 12.0. The van der Waals surface area contributed by atoms with E-state index >= 15 is 0 Å². The van der Waals surface area contributed by atoms with Gasteiger partial charge in [-0.2, -0.15) is 5.26 Å². The van der Waals surface area contributed by atoms with E-state index in [0.29, 0.717) is 5.69 Å². The van der Waals surface area contributed by atoms with Gasteiger partial charge in [0.25, 0.3) is 0 Å². The predicted molar refractivity (Wildman–Crippen MR) is 69.5 cm³/mol. The fourth-order valence-electron chi connectivity index (χ4n) is 1.82. The molecule has 0 aliphatic carbocycles. The van der Waals surface area contributed by atoms with Crippen molar-refractivity contribution >= 4 is 5.69 Å². The van der Waals surface area contributed by atoms with Crippen LogP contribution >= 0.6 is 0 Å². The fourth-order valence-corrected chi connectivity index (χ4v) is 1.82. The van der Waals surface area contributed by atoms with Gasteiger partial charge in [-0.15, -0.1) is 0 Å². The highest BCUT2D eigenvalue weighted by atomic mass is 19.2. The summed E-state index contributed by atoms with van der Waals surface area (Å²) in [5.41, 5.74) is 1.71. The van der Waals surface area contributed by atoms with Gasteiger partial charge in [0.05, 0.1) is 6.07 Å². The Balaban J connectivity index is 2.31. The van der Waals surface area contributed by atoms with Crippen LogP contribution in [0.2, 0.25) is 0 Å². The molecule has 1 N–H and O–H groups in total. The van der Waals surface area contributed by atoms with Crippen LogP contribution < -0.4 is 5.32 Å². The molecule has 0 radical (unpaired) electrons. The van der Waals surface area contributed by atoms with Crippen LogP contribution in [-0.4, -0.2) is 0 Å². The summed E-state index contributed by atoms with van der Waals surface area (Å²) in [4.78, 5) is 0. The highest BCUT2D eigenvalue weighted by molar-refractivity contribution is 5.49. The Labute approximate surface area is 110 Å². The third kappa shape index (κ3) is 2.89. The second-order valence-corrected chi connectivity index (χ2v) is 4.22. The SMILES string of the molecule is Cc1cccc(NC(C#N)c2cccc(F)c2F)c1. The number of nitriles is 1. The van der Waals surface area contributed by atoms with E-state index in [1.165, 1.54) is 12.1 Å².